The molecule has 0 radical (unpaired) electrons. The van der Waals surface area contributed by atoms with Crippen LogP contribution in [0.25, 0.3) is 0 Å². The average Bonchev–Trinajstić information content (AvgIpc) is 2.75. The summed E-state index contributed by atoms with van der Waals surface area (Å²) in [4.78, 5) is 6.28. The molecule has 5 nitrogen and oxygen atoms in total. The highest BCUT2D eigenvalue weighted by Gasteiger charge is 2.08. The molecule has 1 N–H and O–H groups in total. The molecule has 0 bridgehead atoms. The Balaban J connectivity index is 1.94. The molecule has 2 aromatic rings. The molecular formula is C13H17N3O2. The zero-order valence-electron chi connectivity index (χ0n) is 10.6. The van der Waals surface area contributed by atoms with Gasteiger partial charge in [-0.15, -0.1) is 0 Å². The minimum Gasteiger partial charge on any atom is -0.508 e. The van der Waals surface area contributed by atoms with Crippen molar-refractivity contribution in [3.8, 4) is 5.75 Å². The van der Waals surface area contributed by atoms with Crippen molar-refractivity contribution in [1.82, 2.24) is 15.0 Å². The van der Waals surface area contributed by atoms with Gasteiger partial charge in [-0.1, -0.05) is 23.4 Å². The van der Waals surface area contributed by atoms with Gasteiger partial charge in [0.1, 0.15) is 5.75 Å². The molecule has 0 fully saturated rings. The average molecular weight is 247 g/mol. The lowest BCUT2D eigenvalue weighted by Crippen LogP contribution is -2.11. The minimum absolute atomic E-state index is 0.311. The van der Waals surface area contributed by atoms with Crippen LogP contribution in [-0.2, 0) is 19.4 Å². The summed E-state index contributed by atoms with van der Waals surface area (Å²) in [5.74, 6) is 1.60. The van der Waals surface area contributed by atoms with Crippen LogP contribution in [0.15, 0.2) is 28.8 Å². The Morgan fingerprint density at radius 2 is 2.00 bits per heavy atom. The van der Waals surface area contributed by atoms with E-state index in [9.17, 15) is 5.11 Å². The number of aryl methyl sites for hydroxylation is 2. The Bertz CT molecular complexity index is 508. The van der Waals surface area contributed by atoms with E-state index >= 15 is 0 Å². The highest BCUT2D eigenvalue weighted by molar-refractivity contribution is 5.31. The molecular weight excluding hydrogens is 230 g/mol. The minimum atomic E-state index is 0.311. The van der Waals surface area contributed by atoms with Crippen molar-refractivity contribution < 1.29 is 9.63 Å². The van der Waals surface area contributed by atoms with Crippen LogP contribution in [0.2, 0.25) is 0 Å². The fraction of sp³-hybridized carbons (Fsp3) is 0.385. The van der Waals surface area contributed by atoms with Crippen LogP contribution in [0.3, 0.4) is 0 Å². The maximum absolute atomic E-state index is 9.64. The molecule has 2 rings (SSSR count). The normalized spacial score (nSPS) is 11.1. The van der Waals surface area contributed by atoms with Crippen molar-refractivity contribution in [2.24, 2.45) is 0 Å². The Kier molecular flexibility index (Phi) is 3.94. The lowest BCUT2D eigenvalue weighted by atomic mass is 10.1. The van der Waals surface area contributed by atoms with Crippen molar-refractivity contribution in [3.63, 3.8) is 0 Å². The number of benzene rings is 1. The summed E-state index contributed by atoms with van der Waals surface area (Å²) in [6.07, 6.45) is 1.33. The number of aromatic nitrogens is 2. The van der Waals surface area contributed by atoms with Crippen molar-refractivity contribution in [1.29, 1.82) is 0 Å². The maximum Gasteiger partial charge on any atom is 0.227 e. The molecule has 0 atom stereocenters. The fourth-order valence-corrected chi connectivity index (χ4v) is 1.70. The van der Waals surface area contributed by atoms with Gasteiger partial charge in [-0.2, -0.15) is 4.98 Å². The predicted molar refractivity (Wildman–Crippen MR) is 67.2 cm³/mol. The molecule has 1 aromatic carbocycles. The van der Waals surface area contributed by atoms with Crippen LogP contribution in [-0.4, -0.2) is 34.2 Å². The van der Waals surface area contributed by atoms with Crippen molar-refractivity contribution >= 4 is 0 Å². The summed E-state index contributed by atoms with van der Waals surface area (Å²) in [6.45, 7) is 0.667. The van der Waals surface area contributed by atoms with Crippen LogP contribution in [0.4, 0.5) is 0 Å². The molecule has 1 aromatic heterocycles. The Hall–Kier alpha value is -1.88. The van der Waals surface area contributed by atoms with Gasteiger partial charge >= 0.3 is 0 Å². The SMILES string of the molecule is CN(C)Cc1noc(CCc2ccccc2O)n1. The largest absolute Gasteiger partial charge is 0.508 e. The number of rotatable bonds is 5. The highest BCUT2D eigenvalue weighted by Crippen LogP contribution is 2.17. The summed E-state index contributed by atoms with van der Waals surface area (Å²) in [7, 11) is 3.91. The number of nitrogens with zero attached hydrogens (tertiary/aromatic N) is 3. The first kappa shape index (κ1) is 12.6. The Labute approximate surface area is 106 Å². The molecule has 96 valence electrons. The van der Waals surface area contributed by atoms with E-state index in [1.165, 1.54) is 0 Å². The molecule has 0 spiro atoms. The number of phenols is 1. The lowest BCUT2D eigenvalue weighted by Gasteiger charge is -2.03. The summed E-state index contributed by atoms with van der Waals surface area (Å²) >= 11 is 0. The molecule has 18 heavy (non-hydrogen) atoms. The summed E-state index contributed by atoms with van der Waals surface area (Å²) in [6, 6.07) is 7.29. The zero-order valence-corrected chi connectivity index (χ0v) is 10.6. The lowest BCUT2D eigenvalue weighted by molar-refractivity contribution is 0.348. The summed E-state index contributed by atoms with van der Waals surface area (Å²) < 4.78 is 5.16. The number of hydrogen-bond donors (Lipinski definition) is 1. The van der Waals surface area contributed by atoms with Gasteiger partial charge in [0.2, 0.25) is 5.89 Å². The van der Waals surface area contributed by atoms with Gasteiger partial charge < -0.3 is 14.5 Å². The standard InChI is InChI=1S/C13H17N3O2/c1-16(2)9-12-14-13(18-15-12)8-7-10-5-3-4-6-11(10)17/h3-6,17H,7-9H2,1-2H3. The molecule has 5 heteroatoms. The van der Waals surface area contributed by atoms with Crippen LogP contribution in [0.1, 0.15) is 17.3 Å². The van der Waals surface area contributed by atoms with E-state index in [1.807, 2.05) is 31.1 Å². The van der Waals surface area contributed by atoms with Crippen molar-refractivity contribution in [2.75, 3.05) is 14.1 Å². The van der Waals surface area contributed by atoms with Crippen LogP contribution < -0.4 is 0 Å². The quantitative estimate of drug-likeness (QED) is 0.870. The molecule has 0 aliphatic carbocycles. The number of hydrogen-bond acceptors (Lipinski definition) is 5. The third-order valence-corrected chi connectivity index (χ3v) is 2.57. The molecule has 0 unspecified atom stereocenters. The Morgan fingerprint density at radius 3 is 2.72 bits per heavy atom. The van der Waals surface area contributed by atoms with Gasteiger partial charge in [0, 0.05) is 6.42 Å². The van der Waals surface area contributed by atoms with Crippen molar-refractivity contribution in [3.05, 3.63) is 41.5 Å². The second-order valence-electron chi connectivity index (χ2n) is 4.47. The molecule has 0 saturated carbocycles. The van der Waals surface area contributed by atoms with E-state index in [-0.39, 0.29) is 0 Å². The van der Waals surface area contributed by atoms with E-state index in [0.29, 0.717) is 36.9 Å². The van der Waals surface area contributed by atoms with Gasteiger partial charge in [0.25, 0.3) is 0 Å². The van der Waals surface area contributed by atoms with Gasteiger partial charge in [0.05, 0.1) is 6.54 Å². The first-order valence-electron chi connectivity index (χ1n) is 5.88. The van der Waals surface area contributed by atoms with Crippen molar-refractivity contribution in [2.45, 2.75) is 19.4 Å². The molecule has 1 heterocycles. The number of phenolic OH excluding ortho intramolecular Hbond substituents is 1. The van der Waals surface area contributed by atoms with Crippen LogP contribution >= 0.6 is 0 Å². The second-order valence-corrected chi connectivity index (χ2v) is 4.47. The monoisotopic (exact) mass is 247 g/mol. The zero-order chi connectivity index (χ0) is 13.0. The first-order valence-corrected chi connectivity index (χ1v) is 5.88. The molecule has 0 aliphatic heterocycles. The Morgan fingerprint density at radius 1 is 1.22 bits per heavy atom. The van der Waals surface area contributed by atoms with E-state index in [0.717, 1.165) is 5.56 Å². The summed E-state index contributed by atoms with van der Waals surface area (Å²) in [5, 5.41) is 13.5. The predicted octanol–water partition coefficient (Wildman–Crippen LogP) is 1.62. The van der Waals surface area contributed by atoms with E-state index in [1.54, 1.807) is 12.1 Å². The maximum atomic E-state index is 9.64. The third kappa shape index (κ3) is 3.30. The summed E-state index contributed by atoms with van der Waals surface area (Å²) in [5.41, 5.74) is 0.893. The first-order chi connectivity index (χ1) is 8.65. The fourth-order valence-electron chi connectivity index (χ4n) is 1.70. The van der Waals surface area contributed by atoms with Crippen LogP contribution in [0.5, 0.6) is 5.75 Å². The van der Waals surface area contributed by atoms with Gasteiger partial charge in [-0.25, -0.2) is 0 Å². The number of para-hydroxylation sites is 1. The molecule has 0 amide bonds. The van der Waals surface area contributed by atoms with E-state index in [4.69, 9.17) is 4.52 Å². The highest BCUT2D eigenvalue weighted by atomic mass is 16.5. The third-order valence-electron chi connectivity index (χ3n) is 2.57. The van der Waals surface area contributed by atoms with Gasteiger partial charge in [-0.05, 0) is 32.1 Å². The van der Waals surface area contributed by atoms with Gasteiger partial charge in [0.15, 0.2) is 5.82 Å². The topological polar surface area (TPSA) is 62.4 Å². The van der Waals surface area contributed by atoms with E-state index in [2.05, 4.69) is 10.1 Å². The molecule has 0 aliphatic rings. The second kappa shape index (κ2) is 5.64. The van der Waals surface area contributed by atoms with Crippen LogP contribution in [0, 0.1) is 0 Å². The number of aromatic hydroxyl groups is 1. The van der Waals surface area contributed by atoms with Gasteiger partial charge in [-0.3, -0.25) is 0 Å². The smallest absolute Gasteiger partial charge is 0.227 e. The van der Waals surface area contributed by atoms with E-state index < -0.39 is 0 Å². The molecule has 0 saturated heterocycles.